The van der Waals surface area contributed by atoms with Crippen molar-refractivity contribution in [1.29, 1.82) is 0 Å². The van der Waals surface area contributed by atoms with Crippen molar-refractivity contribution in [1.82, 2.24) is 19.8 Å². The van der Waals surface area contributed by atoms with Crippen LogP contribution in [0.4, 0.5) is 19.5 Å². The topological polar surface area (TPSA) is 71.0 Å². The van der Waals surface area contributed by atoms with Gasteiger partial charge in [0.15, 0.2) is 0 Å². The summed E-state index contributed by atoms with van der Waals surface area (Å²) < 4.78 is 38.6. The molecular weight excluding hydrogens is 468 g/mol. The van der Waals surface area contributed by atoms with Gasteiger partial charge in [0.2, 0.25) is 11.8 Å². The van der Waals surface area contributed by atoms with E-state index in [0.29, 0.717) is 19.0 Å². The minimum Gasteiger partial charge on any atom is -0.481 e. The van der Waals surface area contributed by atoms with Crippen molar-refractivity contribution in [3.05, 3.63) is 47.7 Å². The molecule has 8 nitrogen and oxygen atoms in total. The van der Waals surface area contributed by atoms with E-state index in [1.807, 2.05) is 36.9 Å². The van der Waals surface area contributed by atoms with Crippen LogP contribution in [0, 0.1) is 0 Å². The van der Waals surface area contributed by atoms with Crippen LogP contribution in [0.5, 0.6) is 5.88 Å². The maximum absolute atomic E-state index is 13.8. The lowest BCUT2D eigenvalue weighted by atomic mass is 10.1. The summed E-state index contributed by atoms with van der Waals surface area (Å²) >= 11 is 0. The number of methoxy groups -OCH3 is 1. The summed E-state index contributed by atoms with van der Waals surface area (Å²) in [7, 11) is 1.31. The smallest absolute Gasteiger partial charge is 0.410 e. The highest BCUT2D eigenvalue weighted by Gasteiger charge is 2.37. The standard InChI is InChI=1S/C26H35F2N5O3/c1-18-15-32(24-29-14-22(26(3,27)28)23(30-24)35-4)16-19(2)33(18)25(34)36-21-10-12-31(13-11-21)17-20-8-6-5-7-9-20/h5-9,14,18-19,21H,10-13,15-17H2,1-4H3/t18-,19+. The van der Waals surface area contributed by atoms with Gasteiger partial charge >= 0.3 is 6.09 Å². The summed E-state index contributed by atoms with van der Waals surface area (Å²) in [6, 6.07) is 10.0. The zero-order valence-corrected chi connectivity index (χ0v) is 21.4. The van der Waals surface area contributed by atoms with Gasteiger partial charge in [0.05, 0.1) is 19.2 Å². The molecule has 10 heteroatoms. The Morgan fingerprint density at radius 3 is 2.33 bits per heavy atom. The molecule has 0 saturated carbocycles. The van der Waals surface area contributed by atoms with Crippen LogP contribution in [0.1, 0.15) is 44.7 Å². The molecule has 0 bridgehead atoms. The maximum atomic E-state index is 13.8. The Hall–Kier alpha value is -3.01. The number of nitrogens with zero attached hydrogens (tertiary/aromatic N) is 5. The lowest BCUT2D eigenvalue weighted by Crippen LogP contribution is -2.59. The third kappa shape index (κ3) is 6.03. The lowest BCUT2D eigenvalue weighted by Gasteiger charge is -2.44. The first-order valence-electron chi connectivity index (χ1n) is 12.4. The molecule has 1 aromatic heterocycles. The molecule has 2 aliphatic heterocycles. The van der Waals surface area contributed by atoms with Crippen LogP contribution < -0.4 is 9.64 Å². The fourth-order valence-corrected chi connectivity index (χ4v) is 5.04. The molecule has 2 aromatic rings. The van der Waals surface area contributed by atoms with Crippen molar-refractivity contribution in [3.8, 4) is 5.88 Å². The number of hydrogen-bond acceptors (Lipinski definition) is 7. The summed E-state index contributed by atoms with van der Waals surface area (Å²) in [5.74, 6) is -2.95. The first-order valence-corrected chi connectivity index (χ1v) is 12.4. The van der Waals surface area contributed by atoms with Crippen molar-refractivity contribution < 1.29 is 23.0 Å². The van der Waals surface area contributed by atoms with E-state index in [-0.39, 0.29) is 35.7 Å². The second kappa shape index (κ2) is 10.9. The first kappa shape index (κ1) is 26.1. The number of aromatic nitrogens is 2. The number of piperidine rings is 1. The largest absolute Gasteiger partial charge is 0.481 e. The van der Waals surface area contributed by atoms with E-state index in [2.05, 4.69) is 27.0 Å². The van der Waals surface area contributed by atoms with Gasteiger partial charge in [-0.3, -0.25) is 9.80 Å². The van der Waals surface area contributed by atoms with Crippen molar-refractivity contribution >= 4 is 12.0 Å². The highest BCUT2D eigenvalue weighted by molar-refractivity contribution is 5.69. The van der Waals surface area contributed by atoms with E-state index < -0.39 is 5.92 Å². The number of rotatable bonds is 6. The number of carbonyl (C=O) groups is 1. The van der Waals surface area contributed by atoms with Gasteiger partial charge < -0.3 is 14.4 Å². The Morgan fingerprint density at radius 1 is 1.11 bits per heavy atom. The fraction of sp³-hybridized carbons (Fsp3) is 0.577. The number of alkyl halides is 2. The van der Waals surface area contributed by atoms with Crippen molar-refractivity contribution in [3.63, 3.8) is 0 Å². The van der Waals surface area contributed by atoms with E-state index in [1.165, 1.54) is 12.7 Å². The Kier molecular flexibility index (Phi) is 7.92. The number of benzene rings is 1. The van der Waals surface area contributed by atoms with E-state index in [0.717, 1.165) is 45.6 Å². The van der Waals surface area contributed by atoms with E-state index in [9.17, 15) is 13.6 Å². The minimum absolute atomic E-state index is 0.0993. The number of piperazine rings is 1. The molecule has 0 radical (unpaired) electrons. The summed E-state index contributed by atoms with van der Waals surface area (Å²) in [5.41, 5.74) is 0.931. The van der Waals surface area contributed by atoms with Gasteiger partial charge in [0, 0.05) is 45.8 Å². The first-order chi connectivity index (χ1) is 17.2. The molecule has 1 aromatic carbocycles. The van der Waals surface area contributed by atoms with Crippen molar-refractivity contribution in [2.24, 2.45) is 0 Å². The van der Waals surface area contributed by atoms with E-state index in [1.54, 1.807) is 4.90 Å². The molecule has 2 fully saturated rings. The monoisotopic (exact) mass is 503 g/mol. The molecule has 2 aliphatic rings. The molecule has 1 amide bonds. The van der Waals surface area contributed by atoms with Crippen molar-refractivity contribution in [2.75, 3.05) is 38.2 Å². The number of hydrogen-bond donors (Lipinski definition) is 0. The molecule has 0 unspecified atom stereocenters. The molecule has 0 spiro atoms. The Bertz CT molecular complexity index is 1020. The van der Waals surface area contributed by atoms with Crippen LogP contribution in [0.2, 0.25) is 0 Å². The SMILES string of the molecule is COc1nc(N2C[C@@H](C)N(C(=O)OC3CCN(Cc4ccccc4)CC3)[C@@H](C)C2)ncc1C(C)(F)F. The number of ether oxygens (including phenoxy) is 2. The van der Waals surface area contributed by atoms with Crippen LogP contribution in [-0.2, 0) is 17.2 Å². The van der Waals surface area contributed by atoms with E-state index in [4.69, 9.17) is 9.47 Å². The third-order valence-electron chi connectivity index (χ3n) is 6.87. The van der Waals surface area contributed by atoms with Gasteiger partial charge in [-0.15, -0.1) is 0 Å². The molecular formula is C26H35F2N5O3. The van der Waals surface area contributed by atoms with E-state index >= 15 is 0 Å². The second-order valence-electron chi connectivity index (χ2n) is 9.84. The van der Waals surface area contributed by atoms with Gasteiger partial charge in [0.25, 0.3) is 5.92 Å². The summed E-state index contributed by atoms with van der Waals surface area (Å²) in [6.45, 7) is 8.27. The van der Waals surface area contributed by atoms with Crippen molar-refractivity contribution in [2.45, 2.75) is 64.3 Å². The van der Waals surface area contributed by atoms with Crippen LogP contribution in [0.15, 0.2) is 36.5 Å². The minimum atomic E-state index is -3.11. The molecule has 4 rings (SSSR count). The zero-order valence-electron chi connectivity index (χ0n) is 21.4. The summed E-state index contributed by atoms with van der Waals surface area (Å²) in [6.07, 6.45) is 2.32. The molecule has 2 atom stereocenters. The van der Waals surface area contributed by atoms with Gasteiger partial charge in [-0.25, -0.2) is 18.6 Å². The van der Waals surface area contributed by atoms with Gasteiger partial charge in [-0.1, -0.05) is 30.3 Å². The van der Waals surface area contributed by atoms with Gasteiger partial charge in [0.1, 0.15) is 11.7 Å². The fourth-order valence-electron chi connectivity index (χ4n) is 5.04. The molecule has 196 valence electrons. The molecule has 36 heavy (non-hydrogen) atoms. The predicted octanol–water partition coefficient (Wildman–Crippen LogP) is 4.30. The molecule has 0 N–H and O–H groups in total. The number of amides is 1. The Labute approximate surface area is 211 Å². The average molecular weight is 504 g/mol. The highest BCUT2D eigenvalue weighted by atomic mass is 19.3. The molecule has 3 heterocycles. The number of carbonyl (C=O) groups excluding carboxylic acids is 1. The number of halogens is 2. The summed E-state index contributed by atoms with van der Waals surface area (Å²) in [4.78, 5) is 27.5. The third-order valence-corrected chi connectivity index (χ3v) is 6.87. The zero-order chi connectivity index (χ0) is 25.9. The maximum Gasteiger partial charge on any atom is 0.410 e. The second-order valence-corrected chi connectivity index (χ2v) is 9.84. The molecule has 0 aliphatic carbocycles. The number of anilines is 1. The Balaban J connectivity index is 1.32. The van der Waals surface area contributed by atoms with Gasteiger partial charge in [-0.05, 0) is 32.3 Å². The highest BCUT2D eigenvalue weighted by Crippen LogP contribution is 2.34. The van der Waals surface area contributed by atoms with Crippen LogP contribution >= 0.6 is 0 Å². The lowest BCUT2D eigenvalue weighted by molar-refractivity contribution is 0.00946. The normalized spacial score (nSPS) is 21.9. The van der Waals surface area contributed by atoms with Gasteiger partial charge in [-0.2, -0.15) is 4.98 Å². The predicted molar refractivity (Wildman–Crippen MR) is 132 cm³/mol. The summed E-state index contributed by atoms with van der Waals surface area (Å²) in [5, 5.41) is 0. The van der Waals surface area contributed by atoms with Crippen LogP contribution in [0.3, 0.4) is 0 Å². The quantitative estimate of drug-likeness (QED) is 0.582. The van der Waals surface area contributed by atoms with Crippen LogP contribution in [0.25, 0.3) is 0 Å². The number of likely N-dealkylation sites (tertiary alicyclic amines) is 1. The molecule has 2 saturated heterocycles. The van der Waals surface area contributed by atoms with Crippen LogP contribution in [-0.4, -0.2) is 77.3 Å². The average Bonchev–Trinajstić information content (AvgIpc) is 2.84. The Morgan fingerprint density at radius 2 is 1.75 bits per heavy atom.